The van der Waals surface area contributed by atoms with Crippen molar-refractivity contribution in [1.82, 2.24) is 9.69 Å². The Morgan fingerprint density at radius 2 is 1.89 bits per heavy atom. The van der Waals surface area contributed by atoms with Crippen LogP contribution < -0.4 is 10.2 Å². The lowest BCUT2D eigenvalue weighted by Gasteiger charge is -2.27. The summed E-state index contributed by atoms with van der Waals surface area (Å²) in [6.45, 7) is 3.51. The minimum absolute atomic E-state index is 0.0631. The number of anilines is 1. The summed E-state index contributed by atoms with van der Waals surface area (Å²) in [4.78, 5) is 2.37. The molecule has 1 aliphatic heterocycles. The van der Waals surface area contributed by atoms with Crippen LogP contribution in [0.4, 0.5) is 5.82 Å². The minimum Gasteiger partial charge on any atom is -0.369 e. The molecule has 1 aromatic heterocycles. The molecule has 1 saturated heterocycles. The van der Waals surface area contributed by atoms with Crippen molar-refractivity contribution in [2.45, 2.75) is 32.1 Å². The van der Waals surface area contributed by atoms with Crippen molar-refractivity contribution in [3.63, 3.8) is 0 Å². The first-order chi connectivity index (χ1) is 13.6. The van der Waals surface area contributed by atoms with Gasteiger partial charge in [0.25, 0.3) is 10.1 Å². The molecule has 1 aromatic carbocycles. The normalized spacial score (nSPS) is 18.7. The van der Waals surface area contributed by atoms with Gasteiger partial charge in [-0.1, -0.05) is 31.4 Å². The van der Waals surface area contributed by atoms with Gasteiger partial charge in [0.15, 0.2) is 6.79 Å². The Labute approximate surface area is 171 Å². The maximum absolute atomic E-state index is 11.1. The van der Waals surface area contributed by atoms with Gasteiger partial charge in [-0.3, -0.25) is 0 Å². The van der Waals surface area contributed by atoms with Crippen LogP contribution in [0.15, 0.2) is 24.3 Å². The first-order valence-corrected chi connectivity index (χ1v) is 12.2. The highest BCUT2D eigenvalue weighted by molar-refractivity contribution is 7.86. The van der Waals surface area contributed by atoms with Crippen LogP contribution in [0.25, 0.3) is 10.1 Å². The van der Waals surface area contributed by atoms with E-state index in [4.69, 9.17) is 5.11 Å². The van der Waals surface area contributed by atoms with E-state index < -0.39 is 16.9 Å². The molecule has 4 rings (SSSR count). The number of fused-ring (bicyclic) bond motifs is 1. The Morgan fingerprint density at radius 1 is 1.18 bits per heavy atom. The Morgan fingerprint density at radius 3 is 2.61 bits per heavy atom. The number of nitrogens with zero attached hydrogens (tertiary/aromatic N) is 2. The summed E-state index contributed by atoms with van der Waals surface area (Å²) < 4.78 is 32.3. The van der Waals surface area contributed by atoms with E-state index in [0.717, 1.165) is 57.7 Å². The zero-order valence-corrected chi connectivity index (χ0v) is 17.7. The van der Waals surface area contributed by atoms with Crippen molar-refractivity contribution in [2.24, 2.45) is 5.92 Å². The fraction of sp³-hybridized carbons (Fsp3) is 0.632. The van der Waals surface area contributed by atoms with E-state index >= 15 is 0 Å². The van der Waals surface area contributed by atoms with Gasteiger partial charge in [0.05, 0.1) is 10.5 Å². The standard InChI is InChI=1S/C11H13N3S.C8H16O4S/c1-2-4-10-9(3-1)11(13-15-10)14-7-5-12-6-8-14;9-7-12-13(10,11)6-8-4-2-1-3-5-8/h1-4,12H,5-8H2;8-9H,1-7H2. The summed E-state index contributed by atoms with van der Waals surface area (Å²) >= 11 is 1.60. The van der Waals surface area contributed by atoms with Gasteiger partial charge < -0.3 is 15.3 Å². The topological polar surface area (TPSA) is 91.8 Å². The highest BCUT2D eigenvalue weighted by Crippen LogP contribution is 2.29. The van der Waals surface area contributed by atoms with Crippen LogP contribution in [0.3, 0.4) is 0 Å². The molecule has 0 spiro atoms. The molecule has 2 aromatic rings. The van der Waals surface area contributed by atoms with Gasteiger partial charge in [-0.15, -0.1) is 0 Å². The Hall–Kier alpha value is -1.26. The van der Waals surface area contributed by atoms with Gasteiger partial charge in [0, 0.05) is 31.6 Å². The largest absolute Gasteiger partial charge is 0.369 e. The fourth-order valence-electron chi connectivity index (χ4n) is 3.75. The van der Waals surface area contributed by atoms with Crippen LogP contribution in [0.5, 0.6) is 0 Å². The summed E-state index contributed by atoms with van der Waals surface area (Å²) in [5, 5.41) is 13.0. The van der Waals surface area contributed by atoms with Crippen LogP contribution in [0, 0.1) is 5.92 Å². The van der Waals surface area contributed by atoms with E-state index in [9.17, 15) is 8.42 Å². The minimum atomic E-state index is -3.48. The molecule has 0 atom stereocenters. The maximum atomic E-state index is 11.1. The second-order valence-electron chi connectivity index (χ2n) is 7.21. The van der Waals surface area contributed by atoms with Gasteiger partial charge in [0.2, 0.25) is 0 Å². The van der Waals surface area contributed by atoms with E-state index in [0.29, 0.717) is 0 Å². The number of hydrogen-bond donors (Lipinski definition) is 2. The molecule has 1 aliphatic carbocycles. The molecule has 0 bridgehead atoms. The first-order valence-electron chi connectivity index (χ1n) is 9.87. The molecule has 0 unspecified atom stereocenters. The molecule has 9 heteroatoms. The molecule has 156 valence electrons. The molecule has 0 radical (unpaired) electrons. The summed E-state index contributed by atoms with van der Waals surface area (Å²) in [5.41, 5.74) is 0. The van der Waals surface area contributed by atoms with Crippen LogP contribution >= 0.6 is 11.5 Å². The molecule has 28 heavy (non-hydrogen) atoms. The van der Waals surface area contributed by atoms with Crippen LogP contribution in [0.2, 0.25) is 0 Å². The van der Waals surface area contributed by atoms with Gasteiger partial charge in [-0.2, -0.15) is 12.8 Å². The predicted molar refractivity (Wildman–Crippen MR) is 113 cm³/mol. The molecule has 0 amide bonds. The number of aromatic nitrogens is 1. The third kappa shape index (κ3) is 6.12. The molecule has 2 aliphatic rings. The van der Waals surface area contributed by atoms with Crippen molar-refractivity contribution in [1.29, 1.82) is 0 Å². The molecular formula is C19H29N3O4S2. The zero-order chi connectivity index (χ0) is 19.8. The van der Waals surface area contributed by atoms with Crippen molar-refractivity contribution in [3.05, 3.63) is 24.3 Å². The Balaban J connectivity index is 0.000000163. The van der Waals surface area contributed by atoms with Crippen LogP contribution in [-0.2, 0) is 14.3 Å². The maximum Gasteiger partial charge on any atom is 0.269 e. The van der Waals surface area contributed by atoms with E-state index in [2.05, 4.69) is 43.0 Å². The zero-order valence-electron chi connectivity index (χ0n) is 16.0. The number of benzene rings is 1. The average Bonchev–Trinajstić information content (AvgIpc) is 3.14. The highest BCUT2D eigenvalue weighted by Gasteiger charge is 2.21. The molecule has 2 heterocycles. The van der Waals surface area contributed by atoms with Crippen molar-refractivity contribution >= 4 is 37.6 Å². The van der Waals surface area contributed by atoms with Crippen molar-refractivity contribution in [2.75, 3.05) is 43.6 Å². The Bertz CT molecular complexity index is 829. The third-order valence-corrected chi connectivity index (χ3v) is 7.33. The average molecular weight is 428 g/mol. The molecule has 7 nitrogen and oxygen atoms in total. The number of piperazine rings is 1. The number of hydrogen-bond acceptors (Lipinski definition) is 8. The van der Waals surface area contributed by atoms with Gasteiger partial charge in [0.1, 0.15) is 5.82 Å². The monoisotopic (exact) mass is 427 g/mol. The highest BCUT2D eigenvalue weighted by atomic mass is 32.2. The summed E-state index contributed by atoms with van der Waals surface area (Å²) in [6, 6.07) is 8.46. The van der Waals surface area contributed by atoms with E-state index in [1.165, 1.54) is 16.5 Å². The number of nitrogens with one attached hydrogen (secondary N) is 1. The second kappa shape index (κ2) is 10.5. The number of aliphatic hydroxyl groups excluding tert-OH is 1. The van der Waals surface area contributed by atoms with E-state index in [-0.39, 0.29) is 11.7 Å². The van der Waals surface area contributed by atoms with Gasteiger partial charge in [-0.25, -0.2) is 4.18 Å². The summed E-state index contributed by atoms with van der Waals surface area (Å²) in [6.07, 6.45) is 5.36. The van der Waals surface area contributed by atoms with Crippen LogP contribution in [-0.4, -0.2) is 56.6 Å². The number of rotatable bonds is 5. The predicted octanol–water partition coefficient (Wildman–Crippen LogP) is 2.57. The van der Waals surface area contributed by atoms with E-state index in [1.54, 1.807) is 11.5 Å². The van der Waals surface area contributed by atoms with Gasteiger partial charge in [-0.05, 0) is 42.4 Å². The quantitative estimate of drug-likeness (QED) is 0.560. The fourth-order valence-corrected chi connectivity index (χ4v) is 5.71. The van der Waals surface area contributed by atoms with Crippen molar-refractivity contribution < 1.29 is 17.7 Å². The Kier molecular flexibility index (Phi) is 8.04. The van der Waals surface area contributed by atoms with Gasteiger partial charge >= 0.3 is 0 Å². The van der Waals surface area contributed by atoms with Crippen molar-refractivity contribution in [3.8, 4) is 0 Å². The smallest absolute Gasteiger partial charge is 0.269 e. The first kappa shape index (κ1) is 21.4. The third-order valence-electron chi connectivity index (χ3n) is 5.17. The summed E-state index contributed by atoms with van der Waals surface area (Å²) in [5.74, 6) is 1.45. The lowest BCUT2D eigenvalue weighted by atomic mass is 9.91. The molecule has 1 saturated carbocycles. The molecule has 2 N–H and O–H groups in total. The second-order valence-corrected chi connectivity index (χ2v) is 9.70. The molecular weight excluding hydrogens is 398 g/mol. The number of aliphatic hydroxyl groups is 1. The SMILES string of the molecule is O=S(=O)(CC1CCCCC1)OCO.c1ccc2c(N3CCNCC3)nsc2c1. The summed E-state index contributed by atoms with van der Waals surface area (Å²) in [7, 11) is -3.48. The lowest BCUT2D eigenvalue weighted by Crippen LogP contribution is -2.43. The lowest BCUT2D eigenvalue weighted by molar-refractivity contribution is 0.104. The molecule has 2 fully saturated rings. The van der Waals surface area contributed by atoms with E-state index in [1.807, 2.05) is 0 Å². The van der Waals surface area contributed by atoms with Crippen LogP contribution in [0.1, 0.15) is 32.1 Å².